The molecule has 27 heavy (non-hydrogen) atoms. The van der Waals surface area contributed by atoms with Gasteiger partial charge in [0.05, 0.1) is 17.8 Å². The Morgan fingerprint density at radius 1 is 1.30 bits per heavy atom. The number of carbonyl (C=O) groups is 1. The van der Waals surface area contributed by atoms with E-state index in [1.54, 1.807) is 6.92 Å². The van der Waals surface area contributed by atoms with Gasteiger partial charge in [-0.05, 0) is 39.5 Å². The largest absolute Gasteiger partial charge is 0.459 e. The topological polar surface area (TPSA) is 65.0 Å². The molecule has 5 nitrogen and oxygen atoms in total. The molecule has 1 heterocycles. The van der Waals surface area contributed by atoms with Crippen LogP contribution in [0.5, 0.6) is 0 Å². The summed E-state index contributed by atoms with van der Waals surface area (Å²) in [5, 5.41) is 9.84. The lowest BCUT2D eigenvalue weighted by molar-refractivity contribution is -0.349. The molecule has 0 bridgehead atoms. The molecule has 0 radical (unpaired) electrons. The zero-order valence-electron chi connectivity index (χ0n) is 16.3. The molecule has 1 saturated carbocycles. The van der Waals surface area contributed by atoms with Gasteiger partial charge < -0.3 is 19.3 Å². The summed E-state index contributed by atoms with van der Waals surface area (Å²) in [5.41, 5.74) is -1.77. The van der Waals surface area contributed by atoms with Crippen LogP contribution in [0.15, 0.2) is 12.2 Å². The summed E-state index contributed by atoms with van der Waals surface area (Å²) in [6.45, 7) is 10.1. The highest BCUT2D eigenvalue weighted by atomic mass is 19.4. The first-order chi connectivity index (χ1) is 12.3. The molecular weight excluding hydrogens is 365 g/mol. The van der Waals surface area contributed by atoms with Gasteiger partial charge >= 0.3 is 12.1 Å². The van der Waals surface area contributed by atoms with Gasteiger partial charge in [0.15, 0.2) is 0 Å². The zero-order chi connectivity index (χ0) is 20.7. The minimum Gasteiger partial charge on any atom is -0.459 e. The lowest BCUT2D eigenvalue weighted by atomic mass is 9.67. The molecule has 2 aliphatic rings. The lowest BCUT2D eigenvalue weighted by Gasteiger charge is -2.51. The zero-order valence-corrected chi connectivity index (χ0v) is 16.3. The van der Waals surface area contributed by atoms with Crippen molar-refractivity contribution in [2.45, 2.75) is 89.1 Å². The molecule has 0 aromatic heterocycles. The van der Waals surface area contributed by atoms with Crippen LogP contribution in [0.3, 0.4) is 0 Å². The summed E-state index contributed by atoms with van der Waals surface area (Å²) in [5.74, 6) is -3.82. The Balaban J connectivity index is 2.17. The van der Waals surface area contributed by atoms with Gasteiger partial charge in [-0.2, -0.15) is 13.2 Å². The highest BCUT2D eigenvalue weighted by Gasteiger charge is 2.64. The van der Waals surface area contributed by atoms with Crippen molar-refractivity contribution in [2.24, 2.45) is 5.92 Å². The highest BCUT2D eigenvalue weighted by Crippen LogP contribution is 2.50. The summed E-state index contributed by atoms with van der Waals surface area (Å²) >= 11 is 0. The van der Waals surface area contributed by atoms with E-state index >= 15 is 0 Å². The third-order valence-electron chi connectivity index (χ3n) is 5.81. The minimum absolute atomic E-state index is 0.132. The number of hydrogen-bond donors (Lipinski definition) is 1. The monoisotopic (exact) mass is 394 g/mol. The van der Waals surface area contributed by atoms with Gasteiger partial charge in [-0.15, -0.1) is 0 Å². The van der Waals surface area contributed by atoms with Gasteiger partial charge in [-0.3, -0.25) is 0 Å². The molecule has 2 fully saturated rings. The van der Waals surface area contributed by atoms with Crippen LogP contribution in [0.1, 0.15) is 59.8 Å². The number of aliphatic hydroxyl groups is 1. The summed E-state index contributed by atoms with van der Waals surface area (Å²) in [6, 6.07) is 0. The Bertz CT molecular complexity index is 586. The number of ether oxygens (including phenoxy) is 3. The van der Waals surface area contributed by atoms with Crippen molar-refractivity contribution in [2.75, 3.05) is 6.61 Å². The summed E-state index contributed by atoms with van der Waals surface area (Å²) in [4.78, 5) is 11.9. The molecule has 8 heteroatoms. The van der Waals surface area contributed by atoms with Gasteiger partial charge in [0.2, 0.25) is 0 Å². The van der Waals surface area contributed by atoms with E-state index in [2.05, 4.69) is 6.58 Å². The minimum atomic E-state index is -4.90. The van der Waals surface area contributed by atoms with E-state index in [0.29, 0.717) is 24.8 Å². The van der Waals surface area contributed by atoms with Crippen LogP contribution in [-0.2, 0) is 19.0 Å². The Hall–Kier alpha value is -1.12. The van der Waals surface area contributed by atoms with E-state index in [-0.39, 0.29) is 18.6 Å². The Kier molecular flexibility index (Phi) is 6.05. The van der Waals surface area contributed by atoms with E-state index in [0.717, 1.165) is 6.42 Å². The number of alkyl halides is 3. The normalized spacial score (nSPS) is 34.2. The van der Waals surface area contributed by atoms with E-state index < -0.39 is 35.6 Å². The maximum absolute atomic E-state index is 13.1. The van der Waals surface area contributed by atoms with Crippen molar-refractivity contribution in [3.8, 4) is 0 Å². The van der Waals surface area contributed by atoms with Crippen molar-refractivity contribution >= 4 is 5.97 Å². The third-order valence-corrected chi connectivity index (χ3v) is 5.81. The predicted molar refractivity (Wildman–Crippen MR) is 91.8 cm³/mol. The van der Waals surface area contributed by atoms with Crippen LogP contribution in [0, 0.1) is 5.92 Å². The predicted octanol–water partition coefficient (Wildman–Crippen LogP) is 3.89. The van der Waals surface area contributed by atoms with Crippen LogP contribution in [-0.4, -0.2) is 47.0 Å². The fourth-order valence-electron chi connectivity index (χ4n) is 4.06. The number of rotatable bonds is 7. The molecular formula is C19H29F3O5. The van der Waals surface area contributed by atoms with Gasteiger partial charge in [0, 0.05) is 17.9 Å². The van der Waals surface area contributed by atoms with Crippen molar-refractivity contribution in [3.63, 3.8) is 0 Å². The SMILES string of the molecule is C=C(C)C(=O)OC1CCC1C(CC)(CC)OC1(C)COC(O)(C(F)(F)F)C1. The molecule has 1 N–H and O–H groups in total. The first kappa shape index (κ1) is 22.2. The molecule has 4 unspecified atom stereocenters. The maximum atomic E-state index is 13.1. The molecule has 0 amide bonds. The van der Waals surface area contributed by atoms with Gasteiger partial charge in [-0.1, -0.05) is 20.4 Å². The number of halogens is 3. The van der Waals surface area contributed by atoms with Crippen molar-refractivity contribution < 1.29 is 37.3 Å². The standard InChI is InChI=1S/C19H29F3O5/c1-6-17(7-2,13-8-9-14(13)26-15(23)12(3)4)27-16(5)10-18(24,25-11-16)19(20,21)22/h13-14,24H,3,6-11H2,1-2,4-5H3. The van der Waals surface area contributed by atoms with Crippen LogP contribution in [0.25, 0.3) is 0 Å². The van der Waals surface area contributed by atoms with Crippen LogP contribution < -0.4 is 0 Å². The second-order valence-corrected chi connectivity index (χ2v) is 7.98. The van der Waals surface area contributed by atoms with Crippen LogP contribution >= 0.6 is 0 Å². The van der Waals surface area contributed by atoms with E-state index in [1.165, 1.54) is 6.92 Å². The van der Waals surface area contributed by atoms with E-state index in [1.807, 2.05) is 13.8 Å². The summed E-state index contributed by atoms with van der Waals surface area (Å²) in [7, 11) is 0. The van der Waals surface area contributed by atoms with Gasteiger partial charge in [0.1, 0.15) is 6.10 Å². The van der Waals surface area contributed by atoms with E-state index in [4.69, 9.17) is 14.2 Å². The first-order valence-corrected chi connectivity index (χ1v) is 9.31. The average molecular weight is 394 g/mol. The second-order valence-electron chi connectivity index (χ2n) is 7.98. The van der Waals surface area contributed by atoms with Crippen molar-refractivity contribution in [1.82, 2.24) is 0 Å². The van der Waals surface area contributed by atoms with Gasteiger partial charge in [-0.25, -0.2) is 4.79 Å². The van der Waals surface area contributed by atoms with E-state index in [9.17, 15) is 23.1 Å². The molecule has 2 rings (SSSR count). The lowest BCUT2D eigenvalue weighted by Crippen LogP contribution is -2.56. The molecule has 156 valence electrons. The molecule has 1 saturated heterocycles. The van der Waals surface area contributed by atoms with Gasteiger partial charge in [0.25, 0.3) is 5.79 Å². The smallest absolute Gasteiger partial charge is 0.443 e. The van der Waals surface area contributed by atoms with Crippen LogP contribution in [0.4, 0.5) is 13.2 Å². The Labute approximate surface area is 157 Å². The quantitative estimate of drug-likeness (QED) is 0.524. The fourth-order valence-corrected chi connectivity index (χ4v) is 4.06. The second kappa shape index (κ2) is 7.37. The van der Waals surface area contributed by atoms with Crippen LogP contribution in [0.2, 0.25) is 0 Å². The number of hydrogen-bond acceptors (Lipinski definition) is 5. The number of esters is 1. The molecule has 1 aliphatic carbocycles. The number of carbonyl (C=O) groups excluding carboxylic acids is 1. The van der Waals surface area contributed by atoms with Crippen molar-refractivity contribution in [3.05, 3.63) is 12.2 Å². The fraction of sp³-hybridized carbons (Fsp3) is 0.842. The summed E-state index contributed by atoms with van der Waals surface area (Å²) in [6.07, 6.45) is -3.46. The molecule has 1 aliphatic heterocycles. The molecule has 0 aromatic rings. The molecule has 0 aromatic carbocycles. The molecule has 0 spiro atoms. The Morgan fingerprint density at radius 3 is 2.26 bits per heavy atom. The summed E-state index contributed by atoms with van der Waals surface area (Å²) < 4.78 is 55.8. The first-order valence-electron chi connectivity index (χ1n) is 9.31. The third kappa shape index (κ3) is 4.17. The maximum Gasteiger partial charge on any atom is 0.443 e. The molecule has 4 atom stereocenters. The van der Waals surface area contributed by atoms with Crippen molar-refractivity contribution in [1.29, 1.82) is 0 Å². The average Bonchev–Trinajstić information content (AvgIpc) is 2.86. The highest BCUT2D eigenvalue weighted by molar-refractivity contribution is 5.87. The Morgan fingerprint density at radius 2 is 1.89 bits per heavy atom.